The van der Waals surface area contributed by atoms with Crippen LogP contribution in [0.1, 0.15) is 23.9 Å². The van der Waals surface area contributed by atoms with E-state index in [2.05, 4.69) is 18.1 Å². The molecular formula is C14H17ClN2O. The summed E-state index contributed by atoms with van der Waals surface area (Å²) in [7, 11) is 1.67. The van der Waals surface area contributed by atoms with Gasteiger partial charge >= 0.3 is 0 Å². The number of aryl methyl sites for hydroxylation is 1. The van der Waals surface area contributed by atoms with Crippen molar-refractivity contribution in [3.05, 3.63) is 47.3 Å². The Morgan fingerprint density at radius 1 is 1.28 bits per heavy atom. The largest absolute Gasteiger partial charge is 0.497 e. The van der Waals surface area contributed by atoms with Gasteiger partial charge in [0.15, 0.2) is 0 Å². The first-order valence-electron chi connectivity index (χ1n) is 6.01. The van der Waals surface area contributed by atoms with Gasteiger partial charge in [-0.05, 0) is 30.2 Å². The van der Waals surface area contributed by atoms with Crippen molar-refractivity contribution in [2.45, 2.75) is 25.8 Å². The molecule has 0 aliphatic carbocycles. The van der Waals surface area contributed by atoms with E-state index in [1.54, 1.807) is 7.11 Å². The van der Waals surface area contributed by atoms with Gasteiger partial charge in [0, 0.05) is 0 Å². The standard InChI is InChI=1S/C14H17ClN2O/c1-3-12-8-13(9-15)17(16-12)10-11-4-6-14(18-2)7-5-11/h4-8H,3,9-10H2,1-2H3. The van der Waals surface area contributed by atoms with Crippen molar-refractivity contribution in [1.82, 2.24) is 9.78 Å². The molecule has 0 saturated carbocycles. The Kier molecular flexibility index (Phi) is 4.26. The molecule has 0 bridgehead atoms. The summed E-state index contributed by atoms with van der Waals surface area (Å²) < 4.78 is 7.11. The molecule has 0 radical (unpaired) electrons. The maximum absolute atomic E-state index is 5.94. The second-order valence-electron chi connectivity index (χ2n) is 4.12. The van der Waals surface area contributed by atoms with Gasteiger partial charge in [0.1, 0.15) is 5.75 Å². The normalized spacial score (nSPS) is 10.6. The molecule has 2 aromatic rings. The van der Waals surface area contributed by atoms with Crippen LogP contribution in [0.5, 0.6) is 5.75 Å². The third-order valence-electron chi connectivity index (χ3n) is 2.90. The SMILES string of the molecule is CCc1cc(CCl)n(Cc2ccc(OC)cc2)n1. The van der Waals surface area contributed by atoms with Crippen LogP contribution >= 0.6 is 11.6 Å². The molecule has 3 nitrogen and oxygen atoms in total. The first kappa shape index (κ1) is 13.0. The third-order valence-corrected chi connectivity index (χ3v) is 3.18. The van der Waals surface area contributed by atoms with Gasteiger partial charge in [-0.25, -0.2) is 0 Å². The lowest BCUT2D eigenvalue weighted by molar-refractivity contribution is 0.414. The van der Waals surface area contributed by atoms with Gasteiger partial charge in [-0.2, -0.15) is 5.10 Å². The minimum atomic E-state index is 0.489. The van der Waals surface area contributed by atoms with Gasteiger partial charge < -0.3 is 4.74 Å². The first-order valence-corrected chi connectivity index (χ1v) is 6.54. The molecule has 2 rings (SSSR count). The molecule has 1 aromatic heterocycles. The van der Waals surface area contributed by atoms with Gasteiger partial charge in [-0.15, -0.1) is 11.6 Å². The second kappa shape index (κ2) is 5.91. The quantitative estimate of drug-likeness (QED) is 0.775. The maximum Gasteiger partial charge on any atom is 0.118 e. The van der Waals surface area contributed by atoms with Crippen molar-refractivity contribution in [1.29, 1.82) is 0 Å². The lowest BCUT2D eigenvalue weighted by atomic mass is 10.2. The minimum Gasteiger partial charge on any atom is -0.497 e. The molecule has 0 unspecified atom stereocenters. The van der Waals surface area contributed by atoms with E-state index in [1.807, 2.05) is 28.9 Å². The summed E-state index contributed by atoms with van der Waals surface area (Å²) in [6.07, 6.45) is 0.930. The van der Waals surface area contributed by atoms with Crippen molar-refractivity contribution in [2.75, 3.05) is 7.11 Å². The average Bonchev–Trinajstić information content (AvgIpc) is 2.82. The van der Waals surface area contributed by atoms with E-state index in [-0.39, 0.29) is 0 Å². The van der Waals surface area contributed by atoms with E-state index in [1.165, 1.54) is 5.56 Å². The third kappa shape index (κ3) is 2.85. The van der Waals surface area contributed by atoms with E-state index in [4.69, 9.17) is 16.3 Å². The van der Waals surface area contributed by atoms with Crippen LogP contribution < -0.4 is 4.74 Å². The molecule has 18 heavy (non-hydrogen) atoms. The number of hydrogen-bond acceptors (Lipinski definition) is 2. The monoisotopic (exact) mass is 264 g/mol. The molecule has 0 N–H and O–H groups in total. The van der Waals surface area contributed by atoms with Gasteiger partial charge in [0.25, 0.3) is 0 Å². The maximum atomic E-state index is 5.94. The smallest absolute Gasteiger partial charge is 0.118 e. The zero-order valence-electron chi connectivity index (χ0n) is 10.7. The van der Waals surface area contributed by atoms with Crippen molar-refractivity contribution >= 4 is 11.6 Å². The first-order chi connectivity index (χ1) is 8.76. The molecule has 4 heteroatoms. The molecule has 0 aliphatic rings. The zero-order valence-corrected chi connectivity index (χ0v) is 11.4. The summed E-state index contributed by atoms with van der Waals surface area (Å²) >= 11 is 5.94. The van der Waals surface area contributed by atoms with E-state index in [0.29, 0.717) is 5.88 Å². The Bertz CT molecular complexity index is 505. The highest BCUT2D eigenvalue weighted by atomic mass is 35.5. The number of aromatic nitrogens is 2. The topological polar surface area (TPSA) is 27.1 Å². The average molecular weight is 265 g/mol. The van der Waals surface area contributed by atoms with E-state index >= 15 is 0 Å². The van der Waals surface area contributed by atoms with Crippen LogP contribution in [0.2, 0.25) is 0 Å². The van der Waals surface area contributed by atoms with Crippen molar-refractivity contribution in [2.24, 2.45) is 0 Å². The minimum absolute atomic E-state index is 0.489. The highest BCUT2D eigenvalue weighted by Crippen LogP contribution is 2.14. The van der Waals surface area contributed by atoms with Crippen molar-refractivity contribution in [3.8, 4) is 5.75 Å². The summed E-state index contributed by atoms with van der Waals surface area (Å²) in [4.78, 5) is 0. The highest BCUT2D eigenvalue weighted by molar-refractivity contribution is 6.16. The molecule has 1 heterocycles. The predicted octanol–water partition coefficient (Wildman–Crippen LogP) is 3.24. The fourth-order valence-electron chi connectivity index (χ4n) is 1.84. The molecular weight excluding hydrogens is 248 g/mol. The number of benzene rings is 1. The summed E-state index contributed by atoms with van der Waals surface area (Å²) in [6.45, 7) is 2.84. The Morgan fingerprint density at radius 2 is 2.00 bits per heavy atom. The fourth-order valence-corrected chi connectivity index (χ4v) is 2.05. The van der Waals surface area contributed by atoms with Crippen LogP contribution in [0.25, 0.3) is 0 Å². The molecule has 0 spiro atoms. The van der Waals surface area contributed by atoms with Crippen LogP contribution in [0.4, 0.5) is 0 Å². The Hall–Kier alpha value is -1.48. The Labute approximate surface area is 112 Å². The zero-order chi connectivity index (χ0) is 13.0. The Morgan fingerprint density at radius 3 is 2.56 bits per heavy atom. The summed E-state index contributed by atoms with van der Waals surface area (Å²) in [5.74, 6) is 1.36. The summed E-state index contributed by atoms with van der Waals surface area (Å²) in [5, 5.41) is 4.54. The van der Waals surface area contributed by atoms with Gasteiger partial charge in [-0.3, -0.25) is 4.68 Å². The molecule has 0 fully saturated rings. The van der Waals surface area contributed by atoms with E-state index in [0.717, 1.165) is 30.1 Å². The number of ether oxygens (including phenoxy) is 1. The second-order valence-corrected chi connectivity index (χ2v) is 4.39. The van der Waals surface area contributed by atoms with Crippen LogP contribution in [0.3, 0.4) is 0 Å². The molecule has 0 aliphatic heterocycles. The number of alkyl halides is 1. The van der Waals surface area contributed by atoms with Crippen molar-refractivity contribution in [3.63, 3.8) is 0 Å². The lowest BCUT2D eigenvalue weighted by Crippen LogP contribution is -2.05. The summed E-state index contributed by atoms with van der Waals surface area (Å²) in [6, 6.07) is 10.1. The predicted molar refractivity (Wildman–Crippen MR) is 73.3 cm³/mol. The fraction of sp³-hybridized carbons (Fsp3) is 0.357. The number of hydrogen-bond donors (Lipinski definition) is 0. The lowest BCUT2D eigenvalue weighted by Gasteiger charge is -2.06. The van der Waals surface area contributed by atoms with Crippen LogP contribution in [0, 0.1) is 0 Å². The molecule has 0 atom stereocenters. The van der Waals surface area contributed by atoms with Gasteiger partial charge in [0.05, 0.1) is 30.9 Å². The number of rotatable bonds is 5. The number of nitrogens with zero attached hydrogens (tertiary/aromatic N) is 2. The van der Waals surface area contributed by atoms with Crippen molar-refractivity contribution < 1.29 is 4.74 Å². The summed E-state index contributed by atoms with van der Waals surface area (Å²) in [5.41, 5.74) is 3.33. The molecule has 0 saturated heterocycles. The van der Waals surface area contributed by atoms with Crippen LogP contribution in [-0.4, -0.2) is 16.9 Å². The Balaban J connectivity index is 2.18. The number of methoxy groups -OCH3 is 1. The van der Waals surface area contributed by atoms with Crippen LogP contribution in [0.15, 0.2) is 30.3 Å². The molecule has 1 aromatic carbocycles. The molecule has 0 amide bonds. The number of halogens is 1. The molecule has 96 valence electrons. The van der Waals surface area contributed by atoms with Gasteiger partial charge in [0.2, 0.25) is 0 Å². The van der Waals surface area contributed by atoms with E-state index in [9.17, 15) is 0 Å². The highest BCUT2D eigenvalue weighted by Gasteiger charge is 2.06. The van der Waals surface area contributed by atoms with Crippen LogP contribution in [-0.2, 0) is 18.8 Å². The van der Waals surface area contributed by atoms with Gasteiger partial charge in [-0.1, -0.05) is 19.1 Å². The van der Waals surface area contributed by atoms with E-state index < -0.39 is 0 Å².